The highest BCUT2D eigenvalue weighted by Crippen LogP contribution is 2.36. The van der Waals surface area contributed by atoms with Gasteiger partial charge in [0.25, 0.3) is 5.91 Å². The first-order chi connectivity index (χ1) is 11.0. The molecular formula is C16H8F3NOS2. The maximum absolute atomic E-state index is 13.2. The quantitative estimate of drug-likeness (QED) is 0.587. The normalized spacial score (nSPS) is 16.5. The van der Waals surface area contributed by atoms with E-state index in [1.54, 1.807) is 0 Å². The number of hydrogen-bond donors (Lipinski definition) is 0. The second kappa shape index (κ2) is 6.17. The van der Waals surface area contributed by atoms with Crippen LogP contribution in [0.4, 0.5) is 18.9 Å². The summed E-state index contributed by atoms with van der Waals surface area (Å²) in [5, 5.41) is 0. The Morgan fingerprint density at radius 2 is 1.70 bits per heavy atom. The molecule has 2 nitrogen and oxygen atoms in total. The van der Waals surface area contributed by atoms with Crippen LogP contribution in [-0.4, -0.2) is 10.2 Å². The molecule has 1 aliphatic rings. The van der Waals surface area contributed by atoms with Crippen molar-refractivity contribution >= 4 is 46.0 Å². The highest BCUT2D eigenvalue weighted by atomic mass is 32.2. The van der Waals surface area contributed by atoms with Crippen LogP contribution in [0.25, 0.3) is 6.08 Å². The zero-order chi connectivity index (χ0) is 16.6. The molecule has 2 aromatic rings. The maximum Gasteiger partial charge on any atom is 0.270 e. The van der Waals surface area contributed by atoms with Crippen LogP contribution in [0.2, 0.25) is 0 Å². The van der Waals surface area contributed by atoms with Gasteiger partial charge in [0.2, 0.25) is 0 Å². The Bertz CT molecular complexity index is 834. The van der Waals surface area contributed by atoms with E-state index in [0.717, 1.165) is 23.9 Å². The van der Waals surface area contributed by atoms with Gasteiger partial charge >= 0.3 is 0 Å². The first kappa shape index (κ1) is 15.8. The van der Waals surface area contributed by atoms with Crippen molar-refractivity contribution in [2.45, 2.75) is 0 Å². The Morgan fingerprint density at radius 3 is 2.35 bits per heavy atom. The van der Waals surface area contributed by atoms with Crippen molar-refractivity contribution in [1.29, 1.82) is 0 Å². The Kier molecular flexibility index (Phi) is 4.23. The van der Waals surface area contributed by atoms with Crippen LogP contribution in [0, 0.1) is 17.5 Å². The lowest BCUT2D eigenvalue weighted by Crippen LogP contribution is -2.27. The lowest BCUT2D eigenvalue weighted by atomic mass is 10.2. The molecule has 2 aromatic carbocycles. The number of thioether (sulfide) groups is 1. The van der Waals surface area contributed by atoms with Crippen LogP contribution in [0.1, 0.15) is 5.56 Å². The van der Waals surface area contributed by atoms with E-state index in [4.69, 9.17) is 12.2 Å². The van der Waals surface area contributed by atoms with Crippen LogP contribution in [0.15, 0.2) is 47.4 Å². The van der Waals surface area contributed by atoms with Gasteiger partial charge in [0, 0.05) is 0 Å². The summed E-state index contributed by atoms with van der Waals surface area (Å²) < 4.78 is 39.4. The van der Waals surface area contributed by atoms with Crippen LogP contribution in [0.3, 0.4) is 0 Å². The van der Waals surface area contributed by atoms with Gasteiger partial charge in [0.05, 0.1) is 10.6 Å². The van der Waals surface area contributed by atoms with Crippen molar-refractivity contribution < 1.29 is 18.0 Å². The van der Waals surface area contributed by atoms with E-state index in [9.17, 15) is 18.0 Å². The molecule has 0 radical (unpaired) electrons. The van der Waals surface area contributed by atoms with Gasteiger partial charge in [0.15, 0.2) is 16.0 Å². The highest BCUT2D eigenvalue weighted by Gasteiger charge is 2.33. The molecule has 0 saturated carbocycles. The summed E-state index contributed by atoms with van der Waals surface area (Å²) >= 11 is 6.22. The molecule has 0 spiro atoms. The number of carbonyl (C=O) groups is 1. The van der Waals surface area contributed by atoms with E-state index in [-0.39, 0.29) is 9.23 Å². The first-order valence-electron chi connectivity index (χ1n) is 6.44. The van der Waals surface area contributed by atoms with Gasteiger partial charge in [-0.3, -0.25) is 9.69 Å². The van der Waals surface area contributed by atoms with Crippen LogP contribution >= 0.6 is 24.0 Å². The first-order valence-corrected chi connectivity index (χ1v) is 7.67. The average Bonchev–Trinajstić information content (AvgIpc) is 2.79. The Hall–Kier alpha value is -2.12. The fourth-order valence-electron chi connectivity index (χ4n) is 2.03. The number of hydrogen-bond acceptors (Lipinski definition) is 3. The van der Waals surface area contributed by atoms with E-state index >= 15 is 0 Å². The molecule has 23 heavy (non-hydrogen) atoms. The number of nitrogens with zero attached hydrogens (tertiary/aromatic N) is 1. The number of benzene rings is 2. The van der Waals surface area contributed by atoms with E-state index in [1.807, 2.05) is 0 Å². The second-order valence-corrected chi connectivity index (χ2v) is 6.34. The Morgan fingerprint density at radius 1 is 1.00 bits per heavy atom. The van der Waals surface area contributed by atoms with Gasteiger partial charge in [-0.15, -0.1) is 0 Å². The van der Waals surface area contributed by atoms with Gasteiger partial charge in [-0.25, -0.2) is 13.2 Å². The zero-order valence-electron chi connectivity index (χ0n) is 11.4. The van der Waals surface area contributed by atoms with Crippen molar-refractivity contribution in [2.24, 2.45) is 0 Å². The largest absolute Gasteiger partial charge is 0.270 e. The number of halogens is 3. The molecule has 116 valence electrons. The third-order valence-corrected chi connectivity index (χ3v) is 4.42. The molecule has 1 aliphatic heterocycles. The monoisotopic (exact) mass is 351 g/mol. The molecule has 0 atom stereocenters. The standard InChI is InChI=1S/C16H8F3NOS2/c17-10-2-4-11(5-3-10)20-15(21)14(23-16(20)22)8-9-1-6-12(18)13(19)7-9/h1-8H/b14-8+. The van der Waals surface area contributed by atoms with Crippen molar-refractivity contribution in [3.8, 4) is 0 Å². The highest BCUT2D eigenvalue weighted by molar-refractivity contribution is 8.27. The fourth-order valence-corrected chi connectivity index (χ4v) is 3.33. The average molecular weight is 351 g/mol. The predicted octanol–water partition coefficient (Wildman–Crippen LogP) is 4.51. The molecule has 0 N–H and O–H groups in total. The van der Waals surface area contributed by atoms with E-state index in [1.165, 1.54) is 41.3 Å². The molecule has 1 heterocycles. The van der Waals surface area contributed by atoms with E-state index in [2.05, 4.69) is 0 Å². The number of rotatable bonds is 2. The molecule has 0 unspecified atom stereocenters. The lowest BCUT2D eigenvalue weighted by molar-refractivity contribution is -0.113. The molecule has 1 fully saturated rings. The van der Waals surface area contributed by atoms with Gasteiger partial charge in [-0.2, -0.15) is 0 Å². The summed E-state index contributed by atoms with van der Waals surface area (Å²) in [6.07, 6.45) is 1.44. The minimum absolute atomic E-state index is 0.283. The predicted molar refractivity (Wildman–Crippen MR) is 88.4 cm³/mol. The number of thiocarbonyl (C=S) groups is 1. The summed E-state index contributed by atoms with van der Waals surface area (Å²) in [4.78, 5) is 14.0. The Balaban J connectivity index is 1.92. The van der Waals surface area contributed by atoms with Gasteiger partial charge in [-0.1, -0.05) is 30.0 Å². The van der Waals surface area contributed by atoms with E-state index in [0.29, 0.717) is 11.3 Å². The van der Waals surface area contributed by atoms with Crippen molar-refractivity contribution in [2.75, 3.05) is 4.90 Å². The zero-order valence-corrected chi connectivity index (χ0v) is 13.1. The number of amides is 1. The Labute approximate surface area is 139 Å². The maximum atomic E-state index is 13.2. The lowest BCUT2D eigenvalue weighted by Gasteiger charge is -2.14. The third-order valence-electron chi connectivity index (χ3n) is 3.12. The number of anilines is 1. The summed E-state index contributed by atoms with van der Waals surface area (Å²) in [6.45, 7) is 0. The minimum Gasteiger partial charge on any atom is -0.268 e. The molecule has 0 aliphatic carbocycles. The van der Waals surface area contributed by atoms with Crippen molar-refractivity contribution in [3.63, 3.8) is 0 Å². The van der Waals surface area contributed by atoms with Gasteiger partial charge in [-0.05, 0) is 48.0 Å². The van der Waals surface area contributed by atoms with Crippen LogP contribution in [-0.2, 0) is 4.79 Å². The smallest absolute Gasteiger partial charge is 0.268 e. The second-order valence-electron chi connectivity index (χ2n) is 4.67. The summed E-state index contributed by atoms with van der Waals surface area (Å²) in [5.74, 6) is -2.76. The van der Waals surface area contributed by atoms with Crippen molar-refractivity contribution in [1.82, 2.24) is 0 Å². The van der Waals surface area contributed by atoms with Crippen LogP contribution in [0.5, 0.6) is 0 Å². The molecule has 1 amide bonds. The summed E-state index contributed by atoms with van der Waals surface area (Å²) in [6, 6.07) is 8.70. The molecule has 7 heteroatoms. The van der Waals surface area contributed by atoms with E-state index < -0.39 is 23.4 Å². The topological polar surface area (TPSA) is 20.3 Å². The SMILES string of the molecule is O=C1/C(=C\c2ccc(F)c(F)c2)SC(=S)N1c1ccc(F)cc1. The summed E-state index contributed by atoms with van der Waals surface area (Å²) in [7, 11) is 0. The van der Waals surface area contributed by atoms with Gasteiger partial charge < -0.3 is 0 Å². The minimum atomic E-state index is -0.993. The van der Waals surface area contributed by atoms with Gasteiger partial charge in [0.1, 0.15) is 5.82 Å². The molecule has 0 aromatic heterocycles. The molecule has 1 saturated heterocycles. The summed E-state index contributed by atoms with van der Waals surface area (Å²) in [5.41, 5.74) is 0.797. The molecular weight excluding hydrogens is 343 g/mol. The van der Waals surface area contributed by atoms with Crippen LogP contribution < -0.4 is 4.90 Å². The molecule has 0 bridgehead atoms. The third kappa shape index (κ3) is 3.16. The fraction of sp³-hybridized carbons (Fsp3) is 0. The van der Waals surface area contributed by atoms with Crippen molar-refractivity contribution in [3.05, 3.63) is 70.4 Å². The molecule has 3 rings (SSSR count). The number of carbonyl (C=O) groups excluding carboxylic acids is 1.